The van der Waals surface area contributed by atoms with Crippen LogP contribution in [0.3, 0.4) is 0 Å². The van der Waals surface area contributed by atoms with Crippen molar-refractivity contribution in [2.45, 2.75) is 39.7 Å². The van der Waals surface area contributed by atoms with Crippen molar-refractivity contribution < 1.29 is 4.79 Å². The second-order valence-corrected chi connectivity index (χ2v) is 6.03. The van der Waals surface area contributed by atoms with E-state index in [1.165, 1.54) is 0 Å². The Morgan fingerprint density at radius 1 is 1.50 bits per heavy atom. The van der Waals surface area contributed by atoms with Crippen LogP contribution in [0.5, 0.6) is 0 Å². The highest BCUT2D eigenvalue weighted by Crippen LogP contribution is 2.25. The molecular formula is C15H22ClN3O. The lowest BCUT2D eigenvalue weighted by Crippen LogP contribution is -2.34. The maximum Gasteiger partial charge on any atom is 0.254 e. The van der Waals surface area contributed by atoms with E-state index >= 15 is 0 Å². The Labute approximate surface area is 125 Å². The molecule has 2 unspecified atom stereocenters. The molecule has 20 heavy (non-hydrogen) atoms. The van der Waals surface area contributed by atoms with E-state index in [0.717, 1.165) is 25.9 Å². The second kappa shape index (κ2) is 6.44. The summed E-state index contributed by atoms with van der Waals surface area (Å²) in [4.78, 5) is 18.7. The fourth-order valence-corrected chi connectivity index (χ4v) is 2.92. The summed E-state index contributed by atoms with van der Waals surface area (Å²) in [5, 5.41) is 3.53. The molecule has 0 radical (unpaired) electrons. The van der Waals surface area contributed by atoms with Gasteiger partial charge in [-0.3, -0.25) is 4.79 Å². The Hall–Kier alpha value is -1.29. The molecule has 0 saturated carbocycles. The van der Waals surface area contributed by atoms with E-state index in [1.807, 2.05) is 4.90 Å². The van der Waals surface area contributed by atoms with E-state index in [9.17, 15) is 4.79 Å². The first-order valence-electron chi connectivity index (χ1n) is 7.23. The smallest absolute Gasteiger partial charge is 0.254 e. The number of rotatable bonds is 4. The lowest BCUT2D eigenvalue weighted by atomic mass is 10.1. The van der Waals surface area contributed by atoms with Gasteiger partial charge < -0.3 is 10.2 Å². The first-order chi connectivity index (χ1) is 9.51. The molecule has 1 amide bonds. The highest BCUT2D eigenvalue weighted by Gasteiger charge is 2.30. The molecule has 0 aliphatic carbocycles. The molecular weight excluding hydrogens is 274 g/mol. The van der Waals surface area contributed by atoms with Crippen LogP contribution in [0.4, 0.5) is 5.82 Å². The molecule has 2 atom stereocenters. The van der Waals surface area contributed by atoms with E-state index in [4.69, 9.17) is 11.6 Å². The molecule has 4 nitrogen and oxygen atoms in total. The molecule has 1 aromatic rings. The minimum Gasteiger partial charge on any atom is -0.370 e. The fraction of sp³-hybridized carbons (Fsp3) is 0.600. The molecule has 1 fully saturated rings. The van der Waals surface area contributed by atoms with Crippen LogP contribution in [0, 0.1) is 5.92 Å². The highest BCUT2D eigenvalue weighted by atomic mass is 35.5. The van der Waals surface area contributed by atoms with E-state index < -0.39 is 0 Å². The van der Waals surface area contributed by atoms with Gasteiger partial charge in [0.05, 0.1) is 0 Å². The molecule has 5 heteroatoms. The number of carbonyl (C=O) groups excluding carboxylic acids is 1. The molecule has 1 aliphatic rings. The van der Waals surface area contributed by atoms with Crippen LogP contribution in [0.15, 0.2) is 12.1 Å². The van der Waals surface area contributed by atoms with Crippen molar-refractivity contribution in [3.05, 3.63) is 22.8 Å². The largest absolute Gasteiger partial charge is 0.370 e. The number of amides is 1. The van der Waals surface area contributed by atoms with Gasteiger partial charge in [-0.1, -0.05) is 25.4 Å². The Balaban J connectivity index is 2.19. The quantitative estimate of drug-likeness (QED) is 0.866. The summed E-state index contributed by atoms with van der Waals surface area (Å²) in [5.41, 5.74) is 0.615. The highest BCUT2D eigenvalue weighted by molar-refractivity contribution is 6.29. The molecule has 2 heterocycles. The Morgan fingerprint density at radius 2 is 2.25 bits per heavy atom. The van der Waals surface area contributed by atoms with Crippen molar-refractivity contribution in [3.8, 4) is 0 Å². The molecule has 1 saturated heterocycles. The van der Waals surface area contributed by atoms with Crippen molar-refractivity contribution in [1.82, 2.24) is 9.88 Å². The predicted octanol–water partition coefficient (Wildman–Crippen LogP) is 3.43. The number of aromatic nitrogens is 1. The molecule has 0 spiro atoms. The van der Waals surface area contributed by atoms with Crippen molar-refractivity contribution in [2.75, 3.05) is 18.4 Å². The topological polar surface area (TPSA) is 45.2 Å². The number of anilines is 1. The number of likely N-dealkylation sites (tertiary alicyclic amines) is 1. The lowest BCUT2D eigenvalue weighted by Gasteiger charge is -2.22. The number of pyridine rings is 1. The van der Waals surface area contributed by atoms with Crippen LogP contribution in [0.1, 0.15) is 44.0 Å². The Bertz CT molecular complexity index is 492. The van der Waals surface area contributed by atoms with E-state index in [1.54, 1.807) is 12.1 Å². The second-order valence-electron chi connectivity index (χ2n) is 5.64. The van der Waals surface area contributed by atoms with Crippen LogP contribution >= 0.6 is 11.6 Å². The summed E-state index contributed by atoms with van der Waals surface area (Å²) in [5.74, 6) is 1.28. The van der Waals surface area contributed by atoms with Gasteiger partial charge in [0.1, 0.15) is 11.0 Å². The number of nitrogens with one attached hydrogen (secondary N) is 1. The Morgan fingerprint density at radius 3 is 2.85 bits per heavy atom. The molecule has 1 aliphatic heterocycles. The molecule has 2 rings (SSSR count). The van der Waals surface area contributed by atoms with Gasteiger partial charge in [0, 0.05) is 24.7 Å². The van der Waals surface area contributed by atoms with E-state index in [-0.39, 0.29) is 11.9 Å². The Kier molecular flexibility index (Phi) is 4.86. The number of hydrogen-bond acceptors (Lipinski definition) is 3. The van der Waals surface area contributed by atoms with Gasteiger partial charge in [0.2, 0.25) is 0 Å². The third kappa shape index (κ3) is 3.42. The van der Waals surface area contributed by atoms with Gasteiger partial charge in [-0.15, -0.1) is 0 Å². The third-order valence-electron chi connectivity index (χ3n) is 3.64. The average molecular weight is 296 g/mol. The van der Waals surface area contributed by atoms with Gasteiger partial charge in [-0.2, -0.15) is 0 Å². The van der Waals surface area contributed by atoms with Gasteiger partial charge in [0.15, 0.2) is 0 Å². The standard InChI is InChI=1S/C15H22ClN3O/c1-4-5-17-14-8-12(7-13(16)18-14)15(20)19-9-10(2)6-11(19)3/h7-8,10-11H,4-6,9H2,1-3H3,(H,17,18). The minimum absolute atomic E-state index is 0.0469. The zero-order chi connectivity index (χ0) is 14.7. The van der Waals surface area contributed by atoms with Gasteiger partial charge in [-0.25, -0.2) is 4.98 Å². The van der Waals surface area contributed by atoms with E-state index in [2.05, 4.69) is 31.1 Å². The summed E-state index contributed by atoms with van der Waals surface area (Å²) in [6.07, 6.45) is 2.06. The summed E-state index contributed by atoms with van der Waals surface area (Å²) < 4.78 is 0. The SMILES string of the molecule is CCCNc1cc(C(=O)N2CC(C)CC2C)cc(Cl)n1. The zero-order valence-electron chi connectivity index (χ0n) is 12.3. The summed E-state index contributed by atoms with van der Waals surface area (Å²) in [6, 6.07) is 3.73. The van der Waals surface area contributed by atoms with Gasteiger partial charge in [0.25, 0.3) is 5.91 Å². The van der Waals surface area contributed by atoms with Crippen LogP contribution in [0.2, 0.25) is 5.15 Å². The number of carbonyl (C=O) groups is 1. The van der Waals surface area contributed by atoms with Gasteiger partial charge >= 0.3 is 0 Å². The van der Waals surface area contributed by atoms with Crippen molar-refractivity contribution in [3.63, 3.8) is 0 Å². The predicted molar refractivity (Wildman–Crippen MR) is 82.3 cm³/mol. The molecule has 110 valence electrons. The fourth-order valence-electron chi connectivity index (χ4n) is 2.71. The van der Waals surface area contributed by atoms with Crippen LogP contribution in [-0.2, 0) is 0 Å². The lowest BCUT2D eigenvalue weighted by molar-refractivity contribution is 0.0743. The first-order valence-corrected chi connectivity index (χ1v) is 7.61. The summed E-state index contributed by atoms with van der Waals surface area (Å²) >= 11 is 6.02. The van der Waals surface area contributed by atoms with Crippen molar-refractivity contribution in [1.29, 1.82) is 0 Å². The molecule has 1 N–H and O–H groups in total. The van der Waals surface area contributed by atoms with Gasteiger partial charge in [-0.05, 0) is 37.8 Å². The van der Waals surface area contributed by atoms with Crippen LogP contribution in [0.25, 0.3) is 0 Å². The first kappa shape index (κ1) is 15.1. The van der Waals surface area contributed by atoms with Crippen LogP contribution < -0.4 is 5.32 Å². The molecule has 0 aromatic carbocycles. The average Bonchev–Trinajstić information content (AvgIpc) is 2.74. The number of hydrogen-bond donors (Lipinski definition) is 1. The maximum absolute atomic E-state index is 12.6. The normalized spacial score (nSPS) is 22.1. The molecule has 1 aromatic heterocycles. The zero-order valence-corrected chi connectivity index (χ0v) is 13.1. The third-order valence-corrected chi connectivity index (χ3v) is 3.84. The maximum atomic E-state index is 12.6. The summed E-state index contributed by atoms with van der Waals surface area (Å²) in [6.45, 7) is 7.99. The summed E-state index contributed by atoms with van der Waals surface area (Å²) in [7, 11) is 0. The minimum atomic E-state index is 0.0469. The number of halogens is 1. The van der Waals surface area contributed by atoms with E-state index in [0.29, 0.717) is 22.5 Å². The number of nitrogens with zero attached hydrogens (tertiary/aromatic N) is 2. The van der Waals surface area contributed by atoms with Crippen molar-refractivity contribution in [2.24, 2.45) is 5.92 Å². The molecule has 0 bridgehead atoms. The monoisotopic (exact) mass is 295 g/mol. The van der Waals surface area contributed by atoms with Crippen molar-refractivity contribution >= 4 is 23.3 Å². The van der Waals surface area contributed by atoms with Crippen LogP contribution in [-0.4, -0.2) is 34.9 Å².